The number of hydrogen-bond donors (Lipinski definition) is 7. The molecule has 690 valence electrons. The summed E-state index contributed by atoms with van der Waals surface area (Å²) in [6.45, 7) is 9.09. The molecule has 22 heteroatoms. The normalized spacial score (nSPS) is 10.7. The van der Waals surface area contributed by atoms with Crippen LogP contribution in [0.25, 0.3) is 0 Å². The molecule has 0 radical (unpaired) electrons. The van der Waals surface area contributed by atoms with Gasteiger partial charge in [-0.25, -0.2) is 26.7 Å². The molecule has 0 aliphatic carbocycles. The molecule has 0 aliphatic rings. The number of hydrogen-bond acceptors (Lipinski definition) is 19. The summed E-state index contributed by atoms with van der Waals surface area (Å²) in [6, 6.07) is 32.7. The second kappa shape index (κ2) is 103. The number of nitrogens with two attached hydrogens (primary N) is 1. The monoisotopic (exact) mass is 1840 g/mol. The van der Waals surface area contributed by atoms with Gasteiger partial charge < -0.3 is 16.9 Å². The fourth-order valence-corrected chi connectivity index (χ4v) is 16.8. The smallest absolute Gasteiger partial charge is 1.00 e. The predicted octanol–water partition coefficient (Wildman–Crippen LogP) is 29.7. The van der Waals surface area contributed by atoms with Gasteiger partial charge in [-0.2, -0.15) is 56.3 Å². The topological polar surface area (TPSA) is 211 Å². The van der Waals surface area contributed by atoms with Crippen LogP contribution < -0.4 is 51.2 Å². The van der Waals surface area contributed by atoms with Gasteiger partial charge in [0.1, 0.15) is 0 Å². The van der Waals surface area contributed by atoms with Crippen molar-refractivity contribution in [2.24, 2.45) is 0 Å². The van der Waals surface area contributed by atoms with Gasteiger partial charge >= 0.3 is 46.4 Å². The number of alkyl halides is 1. The third-order valence-electron chi connectivity index (χ3n) is 20.5. The first-order chi connectivity index (χ1) is 57.7. The number of rotatable bonds is 74. The van der Waals surface area contributed by atoms with E-state index in [-0.39, 0.29) is 37.5 Å². The molecule has 7 N–H and O–H groups in total. The van der Waals surface area contributed by atoms with Crippen molar-refractivity contribution in [1.29, 1.82) is 0 Å². The summed E-state index contributed by atoms with van der Waals surface area (Å²) in [5.41, 5.74) is 19.4. The number of halogens is 1. The number of unbranched alkanes of at least 4 members (excludes halogenated alkanes) is 52. The predicted molar refractivity (Wildman–Crippen MR) is 529 cm³/mol. The van der Waals surface area contributed by atoms with Crippen LogP contribution in [0.2, 0.25) is 0 Å². The Morgan fingerprint density at radius 1 is 0.378 bits per heavy atom. The van der Waals surface area contributed by atoms with E-state index in [1.807, 2.05) is 60.3 Å². The molecule has 0 bridgehead atoms. The summed E-state index contributed by atoms with van der Waals surface area (Å²) < 4.78 is 27.5. The number of nitrogen functional groups attached to an aromatic ring is 1. The molecule has 0 fully saturated rings. The summed E-state index contributed by atoms with van der Waals surface area (Å²) >= 11 is 13.7. The van der Waals surface area contributed by atoms with Crippen LogP contribution >= 0.6 is 63.8 Å². The molecule has 0 saturated heterocycles. The zero-order valence-electron chi connectivity index (χ0n) is 78.2. The molecule has 0 aliphatic heterocycles. The van der Waals surface area contributed by atoms with E-state index < -0.39 is 10.4 Å². The van der Waals surface area contributed by atoms with Gasteiger partial charge in [-0.1, -0.05) is 426 Å². The number of anilines is 4. The quantitative estimate of drug-likeness (QED) is 0.00320. The van der Waals surface area contributed by atoms with Crippen LogP contribution in [0.1, 0.15) is 411 Å². The van der Waals surface area contributed by atoms with Gasteiger partial charge in [0.25, 0.3) is 0 Å². The fourth-order valence-electron chi connectivity index (χ4n) is 13.1. The minimum atomic E-state index is -3.66. The molecule has 0 saturated carbocycles. The van der Waals surface area contributed by atoms with Crippen molar-refractivity contribution >= 4 is 103 Å². The number of nitrogens with zero attached hydrogens (tertiary/aromatic N) is 1. The Kier molecular flexibility index (Phi) is 107. The van der Waals surface area contributed by atoms with Gasteiger partial charge in [0.2, 0.25) is 0 Å². The second-order valence-corrected chi connectivity index (χ2v) is 37.2. The maximum absolute atomic E-state index is 9.92. The van der Waals surface area contributed by atoms with Crippen LogP contribution in [0.4, 0.5) is 22.7 Å². The van der Waals surface area contributed by atoms with E-state index in [2.05, 4.69) is 181 Å². The van der Waals surface area contributed by atoms with Gasteiger partial charge in [0, 0.05) is 48.1 Å². The number of thioether (sulfide) groups is 3. The minimum absolute atomic E-state index is 0. The van der Waals surface area contributed by atoms with Crippen molar-refractivity contribution in [1.82, 2.24) is 0 Å². The summed E-state index contributed by atoms with van der Waals surface area (Å²) in [6.07, 6.45) is 80.4. The SMILES string of the molecule is CCCCCCCCCCCCCCCCS.CCCCCCCCCCCCCCCCSCc1ccc(N(C)C)cc1.CCCCCCCCCCCCCCCCSCc1ccc(N)cc1.CCCCCCCCCCCCCCCCSCc1ccc(NOO)cc1.COS(=O)(=O)OC.O=COO.OONc1ccc(CBr)cc1.[H-].[Na+]. The van der Waals surface area contributed by atoms with Crippen molar-refractivity contribution in [2.45, 2.75) is 410 Å². The molecule has 15 nitrogen and oxygen atoms in total. The van der Waals surface area contributed by atoms with Crippen molar-refractivity contribution in [3.05, 3.63) is 119 Å². The molecule has 119 heavy (non-hydrogen) atoms. The summed E-state index contributed by atoms with van der Waals surface area (Å²) in [5.74, 6) is 8.26. The second-order valence-electron chi connectivity index (χ2n) is 31.4. The number of nitrogens with one attached hydrogen (secondary N) is 2. The Morgan fingerprint density at radius 3 is 0.782 bits per heavy atom. The zero-order valence-corrected chi connectivity index (χ0v) is 84.9. The van der Waals surface area contributed by atoms with Crippen LogP contribution in [0.5, 0.6) is 0 Å². The average molecular weight is 1840 g/mol. The van der Waals surface area contributed by atoms with E-state index in [0.29, 0.717) is 0 Å². The molecule has 0 atom stereocenters. The van der Waals surface area contributed by atoms with Crippen LogP contribution in [-0.2, 0) is 61.0 Å². The average Bonchev–Trinajstić information content (AvgIpc) is 0.925. The first-order valence-electron chi connectivity index (χ1n) is 46.7. The molecule has 4 aromatic rings. The Labute approximate surface area is 782 Å². The first-order valence-corrected chi connectivity index (χ1v) is 53.2. The number of carbonyl (C=O) groups is 1. The maximum atomic E-state index is 9.92. The summed E-state index contributed by atoms with van der Waals surface area (Å²) in [7, 11) is 2.59. The van der Waals surface area contributed by atoms with Crippen LogP contribution in [0.15, 0.2) is 97.1 Å². The third kappa shape index (κ3) is 96.6. The standard InChI is InChI=1S/C25H45NS.C23H41NO2S.C23H41NS.C16H34S.C7H8BrNO2.C2H6O4S.CH2O3.Na.H/c1-4-5-6-7-8-9-10-11-12-13-14-15-16-17-22-27-23-24-18-20-25(21-19-24)26(2)3;1-2-3-4-5-6-7-8-9-10-11-12-13-14-15-20-27-21-22-16-18-23(19-17-22)24-26-25;1-2-3-4-5-6-7-8-9-10-11-12-13-14-15-20-25-21-22-16-18-23(24)19-17-22;1-2-3-4-5-6-7-8-9-10-11-12-13-14-15-16-17;8-5-6-1-3-7(4-2-6)9-11-10;1-5-7(3,4)6-2;2-1-4-3;;/h18-21H,4-17,22-23H2,1-3H3;16-19,24-25H,2-15,20-21H2,1H3;16-19H,2-15,20-21,24H2,1H3;17H,2-16H2,1H3;1-4,9-10H,5H2;1-2H3;1,3H;;/q;;;;;;;+1;-1. The molecule has 4 aromatic carbocycles. The maximum Gasteiger partial charge on any atom is 1.00 e. The molecule has 0 amide bonds. The van der Waals surface area contributed by atoms with Crippen LogP contribution in [-0.4, -0.2) is 82.0 Å². The van der Waals surface area contributed by atoms with Crippen LogP contribution in [0.3, 0.4) is 0 Å². The third-order valence-corrected chi connectivity index (χ3v) is 25.6. The van der Waals surface area contributed by atoms with Crippen molar-refractivity contribution in [2.75, 3.05) is 72.9 Å². The Balaban J connectivity index is -0.000000452. The zero-order chi connectivity index (χ0) is 87.0. The summed E-state index contributed by atoms with van der Waals surface area (Å²) in [5, 5.41) is 24.2. The van der Waals surface area contributed by atoms with E-state index in [0.717, 1.165) is 59.6 Å². The van der Waals surface area contributed by atoms with E-state index in [1.54, 1.807) is 0 Å². The number of carbonyl (C=O) groups excluding carboxylic acids is 1. The molecule has 4 rings (SSSR count). The van der Waals surface area contributed by atoms with E-state index in [1.165, 1.54) is 405 Å². The number of benzene rings is 4. The van der Waals surface area contributed by atoms with Gasteiger partial charge in [0.15, 0.2) is 0 Å². The van der Waals surface area contributed by atoms with E-state index in [9.17, 15) is 8.42 Å². The molecule has 0 unspecified atom stereocenters. The van der Waals surface area contributed by atoms with Gasteiger partial charge in [-0.05, 0) is 119 Å². The number of thiol groups is 1. The van der Waals surface area contributed by atoms with E-state index >= 15 is 0 Å². The van der Waals surface area contributed by atoms with Crippen molar-refractivity contribution < 1.29 is 83.2 Å². The molecule has 0 aromatic heterocycles. The van der Waals surface area contributed by atoms with Crippen molar-refractivity contribution in [3.8, 4) is 0 Å². The first kappa shape index (κ1) is 123. The van der Waals surface area contributed by atoms with Crippen molar-refractivity contribution in [3.63, 3.8) is 0 Å². The van der Waals surface area contributed by atoms with E-state index in [4.69, 9.17) is 26.3 Å². The largest absolute Gasteiger partial charge is 1.00 e. The fraction of sp³-hybridized carbons (Fsp3) is 0.742. The van der Waals surface area contributed by atoms with Gasteiger partial charge in [0.05, 0.1) is 25.6 Å². The van der Waals surface area contributed by atoms with Crippen LogP contribution in [0, 0.1) is 0 Å². The molecular weight excluding hydrogens is 1660 g/mol. The van der Waals surface area contributed by atoms with Gasteiger partial charge in [-0.15, -0.1) is 9.98 Å². The Morgan fingerprint density at radius 2 is 0.588 bits per heavy atom. The molecule has 0 spiro atoms. The Bertz CT molecular complexity index is 2680. The molecular formula is C97H178BrN4NaO11S5. The Hall–Kier alpha value is -1.90. The molecule has 0 heterocycles. The summed E-state index contributed by atoms with van der Waals surface area (Å²) in [4.78, 5) is 21.4. The minimum Gasteiger partial charge on any atom is -1.00 e. The van der Waals surface area contributed by atoms with Gasteiger partial charge in [-0.3, -0.25) is 13.2 Å².